The van der Waals surface area contributed by atoms with Crippen LogP contribution in [0.15, 0.2) is 6.20 Å². The molecule has 19 heavy (non-hydrogen) atoms. The van der Waals surface area contributed by atoms with E-state index in [-0.39, 0.29) is 16.9 Å². The van der Waals surface area contributed by atoms with Gasteiger partial charge in [-0.15, -0.1) is 16.9 Å². The van der Waals surface area contributed by atoms with Crippen molar-refractivity contribution < 1.29 is 14.7 Å². The van der Waals surface area contributed by atoms with E-state index in [0.717, 1.165) is 18.6 Å². The minimum atomic E-state index is -1.10. The Hall–Kier alpha value is -1.57. The predicted octanol–water partition coefficient (Wildman–Crippen LogP) is 0.378. The van der Waals surface area contributed by atoms with Gasteiger partial charge >= 0.3 is 5.97 Å². The van der Waals surface area contributed by atoms with E-state index in [0.29, 0.717) is 13.1 Å². The van der Waals surface area contributed by atoms with Crippen molar-refractivity contribution in [1.29, 1.82) is 0 Å². The van der Waals surface area contributed by atoms with Gasteiger partial charge in [0.2, 0.25) is 5.91 Å². The van der Waals surface area contributed by atoms with Crippen LogP contribution in [0.2, 0.25) is 0 Å². The molecule has 104 valence electrons. The first-order valence-corrected chi connectivity index (χ1v) is 7.24. The van der Waals surface area contributed by atoms with Crippen LogP contribution in [0.3, 0.4) is 0 Å². The summed E-state index contributed by atoms with van der Waals surface area (Å²) >= 11 is 1.70. The normalized spacial score (nSPS) is 19.1. The van der Waals surface area contributed by atoms with E-state index in [9.17, 15) is 9.59 Å². The van der Waals surface area contributed by atoms with Crippen LogP contribution in [0.1, 0.15) is 29.8 Å². The Morgan fingerprint density at radius 2 is 2.37 bits per heavy atom. The Morgan fingerprint density at radius 1 is 1.53 bits per heavy atom. The molecular weight excluding hydrogens is 268 g/mol. The molecule has 1 atom stereocenters. The van der Waals surface area contributed by atoms with Gasteiger partial charge in [0, 0.05) is 6.54 Å². The summed E-state index contributed by atoms with van der Waals surface area (Å²) in [6.45, 7) is 0.849. The molecule has 0 saturated carbocycles. The van der Waals surface area contributed by atoms with E-state index in [2.05, 4.69) is 15.6 Å². The highest BCUT2D eigenvalue weighted by atomic mass is 32.2. The van der Waals surface area contributed by atoms with Crippen molar-refractivity contribution in [2.75, 3.05) is 12.3 Å². The molecule has 0 radical (unpaired) electrons. The first-order valence-electron chi connectivity index (χ1n) is 6.19. The number of aromatic carboxylic acids is 1. The summed E-state index contributed by atoms with van der Waals surface area (Å²) in [7, 11) is 0. The highest BCUT2D eigenvalue weighted by Crippen LogP contribution is 2.24. The number of nitrogens with zero attached hydrogens (tertiary/aromatic N) is 3. The van der Waals surface area contributed by atoms with Gasteiger partial charge in [0.25, 0.3) is 0 Å². The molecule has 1 amide bonds. The van der Waals surface area contributed by atoms with Crippen LogP contribution < -0.4 is 5.32 Å². The number of thioether (sulfide) groups is 1. The van der Waals surface area contributed by atoms with Crippen LogP contribution in [0, 0.1) is 0 Å². The molecule has 0 aliphatic carbocycles. The average molecular weight is 284 g/mol. The third-order valence-electron chi connectivity index (χ3n) is 2.87. The van der Waals surface area contributed by atoms with Crippen molar-refractivity contribution >= 4 is 23.6 Å². The molecule has 1 aliphatic rings. The molecule has 2 N–H and O–H groups in total. The van der Waals surface area contributed by atoms with Gasteiger partial charge in [0.05, 0.1) is 18.0 Å². The predicted molar refractivity (Wildman–Crippen MR) is 70.1 cm³/mol. The largest absolute Gasteiger partial charge is 0.476 e. The first kappa shape index (κ1) is 13.9. The van der Waals surface area contributed by atoms with Crippen molar-refractivity contribution in [2.45, 2.75) is 31.1 Å². The maximum Gasteiger partial charge on any atom is 0.358 e. The molecule has 1 saturated heterocycles. The zero-order valence-electron chi connectivity index (χ0n) is 10.4. The Balaban J connectivity index is 1.73. The Labute approximate surface area is 114 Å². The maximum absolute atomic E-state index is 11.8. The molecule has 1 fully saturated rings. The second kappa shape index (κ2) is 6.55. The van der Waals surface area contributed by atoms with Gasteiger partial charge in [-0.1, -0.05) is 11.6 Å². The topological polar surface area (TPSA) is 97.1 Å². The number of nitrogens with one attached hydrogen (secondary N) is 1. The van der Waals surface area contributed by atoms with Gasteiger partial charge in [0.15, 0.2) is 5.69 Å². The van der Waals surface area contributed by atoms with Crippen LogP contribution in [-0.4, -0.2) is 49.5 Å². The van der Waals surface area contributed by atoms with Crippen molar-refractivity contribution in [3.8, 4) is 0 Å². The third kappa shape index (κ3) is 3.95. The van der Waals surface area contributed by atoms with Gasteiger partial charge < -0.3 is 10.4 Å². The van der Waals surface area contributed by atoms with E-state index < -0.39 is 5.97 Å². The van der Waals surface area contributed by atoms with E-state index >= 15 is 0 Å². The zero-order chi connectivity index (χ0) is 13.7. The summed E-state index contributed by atoms with van der Waals surface area (Å²) in [5.41, 5.74) is -0.0887. The number of rotatable bonds is 5. The Bertz CT molecular complexity index is 457. The van der Waals surface area contributed by atoms with Crippen LogP contribution in [0.5, 0.6) is 0 Å². The molecule has 0 bridgehead atoms. The van der Waals surface area contributed by atoms with E-state index in [1.54, 1.807) is 11.8 Å². The SMILES string of the molecule is O=C(O)c1cn(CCNC(=O)C2CCCCS2)nn1. The molecule has 1 unspecified atom stereocenters. The number of carboxylic acids is 1. The standard InChI is InChI=1S/C11H16N4O3S/c16-10(9-3-1-2-6-19-9)12-4-5-15-7-8(11(17)18)13-14-15/h7,9H,1-6H2,(H,12,16)(H,17,18). The number of amides is 1. The molecular formula is C11H16N4O3S. The third-order valence-corrected chi connectivity index (χ3v) is 4.25. The summed E-state index contributed by atoms with van der Waals surface area (Å²) in [5.74, 6) is 0.000484. The quantitative estimate of drug-likeness (QED) is 0.811. The van der Waals surface area contributed by atoms with Gasteiger partial charge in [-0.2, -0.15) is 0 Å². The van der Waals surface area contributed by atoms with Gasteiger partial charge in [-0.25, -0.2) is 9.48 Å². The lowest BCUT2D eigenvalue weighted by atomic mass is 10.2. The van der Waals surface area contributed by atoms with Gasteiger partial charge in [-0.3, -0.25) is 4.79 Å². The lowest BCUT2D eigenvalue weighted by Crippen LogP contribution is -2.36. The second-order valence-electron chi connectivity index (χ2n) is 4.32. The van der Waals surface area contributed by atoms with Crippen LogP contribution >= 0.6 is 11.8 Å². The Morgan fingerprint density at radius 3 is 3.00 bits per heavy atom. The zero-order valence-corrected chi connectivity index (χ0v) is 11.2. The van der Waals surface area contributed by atoms with Crippen molar-refractivity contribution in [3.05, 3.63) is 11.9 Å². The minimum absolute atomic E-state index is 0.0547. The molecule has 0 aromatic carbocycles. The van der Waals surface area contributed by atoms with Crippen LogP contribution in [0.25, 0.3) is 0 Å². The number of carbonyl (C=O) groups excluding carboxylic acids is 1. The van der Waals surface area contributed by atoms with Crippen LogP contribution in [-0.2, 0) is 11.3 Å². The highest BCUT2D eigenvalue weighted by molar-refractivity contribution is 8.00. The smallest absolute Gasteiger partial charge is 0.358 e. The van der Waals surface area contributed by atoms with Crippen molar-refractivity contribution in [2.24, 2.45) is 0 Å². The molecule has 8 heteroatoms. The molecule has 0 spiro atoms. The summed E-state index contributed by atoms with van der Waals surface area (Å²) in [6, 6.07) is 0. The Kier molecular flexibility index (Phi) is 4.78. The summed E-state index contributed by atoms with van der Waals surface area (Å²) < 4.78 is 1.41. The van der Waals surface area contributed by atoms with Gasteiger partial charge in [0.1, 0.15) is 0 Å². The van der Waals surface area contributed by atoms with E-state index in [1.807, 2.05) is 0 Å². The number of hydrogen-bond donors (Lipinski definition) is 2. The second-order valence-corrected chi connectivity index (χ2v) is 5.63. The molecule has 1 aromatic rings. The van der Waals surface area contributed by atoms with E-state index in [1.165, 1.54) is 17.3 Å². The van der Waals surface area contributed by atoms with Crippen molar-refractivity contribution in [1.82, 2.24) is 20.3 Å². The minimum Gasteiger partial charge on any atom is -0.476 e. The summed E-state index contributed by atoms with van der Waals surface area (Å²) in [4.78, 5) is 22.4. The highest BCUT2D eigenvalue weighted by Gasteiger charge is 2.21. The fourth-order valence-corrected chi connectivity index (χ4v) is 3.08. The molecule has 2 rings (SSSR count). The molecule has 2 heterocycles. The van der Waals surface area contributed by atoms with Crippen LogP contribution in [0.4, 0.5) is 0 Å². The lowest BCUT2D eigenvalue weighted by Gasteiger charge is -2.20. The number of aromatic nitrogens is 3. The van der Waals surface area contributed by atoms with E-state index in [4.69, 9.17) is 5.11 Å². The number of hydrogen-bond acceptors (Lipinski definition) is 5. The number of carboxylic acid groups (broad SMARTS) is 1. The molecule has 1 aromatic heterocycles. The molecule has 7 nitrogen and oxygen atoms in total. The average Bonchev–Trinajstić information content (AvgIpc) is 2.89. The first-order chi connectivity index (χ1) is 9.16. The van der Waals surface area contributed by atoms with Gasteiger partial charge in [-0.05, 0) is 18.6 Å². The fourth-order valence-electron chi connectivity index (χ4n) is 1.86. The monoisotopic (exact) mass is 284 g/mol. The van der Waals surface area contributed by atoms with Crippen molar-refractivity contribution in [3.63, 3.8) is 0 Å². The number of carbonyl (C=O) groups is 2. The molecule has 1 aliphatic heterocycles. The fraction of sp³-hybridized carbons (Fsp3) is 0.636. The lowest BCUT2D eigenvalue weighted by molar-refractivity contribution is -0.120. The maximum atomic E-state index is 11.8. The summed E-state index contributed by atoms with van der Waals surface area (Å²) in [6.07, 6.45) is 4.58. The summed E-state index contributed by atoms with van der Waals surface area (Å²) in [5, 5.41) is 18.8.